The highest BCUT2D eigenvalue weighted by Crippen LogP contribution is 2.31. The van der Waals surface area contributed by atoms with Gasteiger partial charge in [0, 0.05) is 17.7 Å². The Labute approximate surface area is 201 Å². The van der Waals surface area contributed by atoms with Gasteiger partial charge in [-0.25, -0.2) is 4.79 Å². The molecule has 0 saturated carbocycles. The van der Waals surface area contributed by atoms with E-state index in [0.717, 1.165) is 5.56 Å². The largest absolute Gasteiger partial charge is 0.459 e. The number of nitrogens with zero attached hydrogens (tertiary/aromatic N) is 3. The van der Waals surface area contributed by atoms with Crippen LogP contribution in [0.3, 0.4) is 0 Å². The van der Waals surface area contributed by atoms with Gasteiger partial charge >= 0.3 is 5.97 Å². The predicted octanol–water partition coefficient (Wildman–Crippen LogP) is 5.53. The summed E-state index contributed by atoms with van der Waals surface area (Å²) < 4.78 is 11.1. The van der Waals surface area contributed by atoms with Crippen molar-refractivity contribution >= 4 is 35.0 Å². The number of carbonyl (C=O) groups is 2. The fraction of sp³-hybridized carbons (Fsp3) is 0.192. The number of rotatable bonds is 6. The average molecular weight is 473 g/mol. The lowest BCUT2D eigenvalue weighted by Crippen LogP contribution is -2.21. The molecule has 0 N–H and O–H groups in total. The van der Waals surface area contributed by atoms with Crippen LogP contribution in [0.5, 0.6) is 0 Å². The number of esters is 1. The fourth-order valence-electron chi connectivity index (χ4n) is 3.59. The van der Waals surface area contributed by atoms with Gasteiger partial charge in [-0.2, -0.15) is 10.1 Å². The molecule has 0 unspecified atom stereocenters. The maximum Gasteiger partial charge on any atom is 0.338 e. The zero-order chi connectivity index (χ0) is 25.3. The van der Waals surface area contributed by atoms with E-state index in [1.165, 1.54) is 17.1 Å². The average Bonchev–Trinajstić information content (AvgIpc) is 3.39. The summed E-state index contributed by atoms with van der Waals surface area (Å²) in [6, 6.07) is 14.4. The molecule has 9 heteroatoms. The Hall–Kier alpha value is -4.53. The highest BCUT2D eigenvalue weighted by molar-refractivity contribution is 6.32. The molecule has 0 saturated heterocycles. The van der Waals surface area contributed by atoms with Gasteiger partial charge in [-0.15, -0.1) is 0 Å². The standard InChI is InChI=1S/C26H23N3O6/c1-15(2)34-26(31)18-6-9-19(10-7-18)28-25(30)23(17(4)27-28)14-21-11-12-24(35-21)22-13-20(29(32)33)8-5-16(22)3/h5-15H,1-4H3. The van der Waals surface area contributed by atoms with Crippen LogP contribution in [0.1, 0.15) is 42.5 Å². The Balaban J connectivity index is 1.56. The SMILES string of the molecule is CC1=NN(c2ccc(C(=O)OC(C)C)cc2)C(=O)C1=Cc1ccc(-c2cc([N+](=O)[O-])ccc2C)o1. The number of furan rings is 1. The van der Waals surface area contributed by atoms with E-state index < -0.39 is 10.9 Å². The van der Waals surface area contributed by atoms with Gasteiger partial charge in [0.2, 0.25) is 0 Å². The number of non-ortho nitro benzene ring substituents is 1. The van der Waals surface area contributed by atoms with Crippen molar-refractivity contribution < 1.29 is 23.7 Å². The van der Waals surface area contributed by atoms with Crippen LogP contribution >= 0.6 is 0 Å². The third kappa shape index (κ3) is 4.89. The highest BCUT2D eigenvalue weighted by atomic mass is 16.6. The van der Waals surface area contributed by atoms with Crippen molar-refractivity contribution in [2.75, 3.05) is 5.01 Å². The van der Waals surface area contributed by atoms with Crippen LogP contribution in [0.25, 0.3) is 17.4 Å². The van der Waals surface area contributed by atoms with Crippen molar-refractivity contribution in [3.8, 4) is 11.3 Å². The van der Waals surface area contributed by atoms with E-state index in [1.807, 2.05) is 6.92 Å². The molecule has 1 aliphatic heterocycles. The molecule has 0 fully saturated rings. The molecule has 0 atom stereocenters. The lowest BCUT2D eigenvalue weighted by molar-refractivity contribution is -0.384. The summed E-state index contributed by atoms with van der Waals surface area (Å²) in [6.07, 6.45) is 1.36. The third-order valence-electron chi connectivity index (χ3n) is 5.36. The van der Waals surface area contributed by atoms with Crippen LogP contribution < -0.4 is 5.01 Å². The van der Waals surface area contributed by atoms with E-state index in [4.69, 9.17) is 9.15 Å². The fourth-order valence-corrected chi connectivity index (χ4v) is 3.59. The Bertz CT molecular complexity index is 1380. The van der Waals surface area contributed by atoms with Crippen LogP contribution in [0.2, 0.25) is 0 Å². The first-order valence-electron chi connectivity index (χ1n) is 10.9. The van der Waals surface area contributed by atoms with E-state index in [1.54, 1.807) is 69.3 Å². The number of amides is 1. The molecule has 178 valence electrons. The van der Waals surface area contributed by atoms with Crippen LogP contribution in [-0.2, 0) is 9.53 Å². The number of hydrogen-bond donors (Lipinski definition) is 0. The third-order valence-corrected chi connectivity index (χ3v) is 5.36. The van der Waals surface area contributed by atoms with Gasteiger partial charge in [-0.3, -0.25) is 14.9 Å². The zero-order valence-corrected chi connectivity index (χ0v) is 19.6. The highest BCUT2D eigenvalue weighted by Gasteiger charge is 2.29. The maximum atomic E-state index is 13.1. The van der Waals surface area contributed by atoms with Gasteiger partial charge in [0.25, 0.3) is 11.6 Å². The second-order valence-corrected chi connectivity index (χ2v) is 8.32. The Morgan fingerprint density at radius 2 is 1.83 bits per heavy atom. The summed E-state index contributed by atoms with van der Waals surface area (Å²) in [5.41, 5.74) is 3.13. The van der Waals surface area contributed by atoms with Crippen LogP contribution in [0.4, 0.5) is 11.4 Å². The first kappa shape index (κ1) is 23.6. The molecule has 1 aliphatic rings. The van der Waals surface area contributed by atoms with Crippen molar-refractivity contribution in [1.82, 2.24) is 0 Å². The molecule has 4 rings (SSSR count). The molecule has 35 heavy (non-hydrogen) atoms. The zero-order valence-electron chi connectivity index (χ0n) is 19.6. The molecular weight excluding hydrogens is 450 g/mol. The van der Waals surface area contributed by atoms with Gasteiger partial charge in [-0.05, 0) is 75.7 Å². The Morgan fingerprint density at radius 3 is 2.49 bits per heavy atom. The number of ether oxygens (including phenoxy) is 1. The van der Waals surface area contributed by atoms with E-state index in [-0.39, 0.29) is 17.7 Å². The maximum absolute atomic E-state index is 13.1. The number of hydrazone groups is 1. The minimum atomic E-state index is -0.458. The first-order valence-corrected chi connectivity index (χ1v) is 10.9. The molecule has 3 aromatic rings. The van der Waals surface area contributed by atoms with Crippen molar-refractivity contribution in [2.45, 2.75) is 33.8 Å². The summed E-state index contributed by atoms with van der Waals surface area (Å²) in [6.45, 7) is 7.09. The molecule has 0 spiro atoms. The van der Waals surface area contributed by atoms with Crippen LogP contribution in [0.15, 0.2) is 69.7 Å². The number of carbonyl (C=O) groups excluding carboxylic acids is 2. The second-order valence-electron chi connectivity index (χ2n) is 8.32. The Kier molecular flexibility index (Phi) is 6.33. The monoisotopic (exact) mass is 473 g/mol. The molecule has 1 aromatic heterocycles. The van der Waals surface area contributed by atoms with Crippen molar-refractivity contribution in [1.29, 1.82) is 0 Å². The molecule has 0 radical (unpaired) electrons. The normalized spacial score (nSPS) is 14.5. The molecule has 0 aliphatic carbocycles. The Morgan fingerprint density at radius 1 is 1.11 bits per heavy atom. The number of hydrogen-bond acceptors (Lipinski definition) is 7. The lowest BCUT2D eigenvalue weighted by Gasteiger charge is -2.13. The summed E-state index contributed by atoms with van der Waals surface area (Å²) >= 11 is 0. The van der Waals surface area contributed by atoms with Gasteiger partial charge in [0.05, 0.1) is 33.6 Å². The minimum Gasteiger partial charge on any atom is -0.459 e. The second kappa shape index (κ2) is 9.38. The molecule has 1 amide bonds. The number of nitro benzene ring substituents is 1. The quantitative estimate of drug-likeness (QED) is 0.201. The molecule has 9 nitrogen and oxygen atoms in total. The number of aryl methyl sites for hydroxylation is 1. The van der Waals surface area contributed by atoms with Crippen LogP contribution in [-0.4, -0.2) is 28.6 Å². The predicted molar refractivity (Wildman–Crippen MR) is 131 cm³/mol. The molecule has 2 heterocycles. The number of anilines is 1. The van der Waals surface area contributed by atoms with Gasteiger partial charge in [0.1, 0.15) is 11.5 Å². The van der Waals surface area contributed by atoms with Crippen molar-refractivity contribution in [3.05, 3.63) is 87.2 Å². The first-order chi connectivity index (χ1) is 16.6. The topological polar surface area (TPSA) is 115 Å². The summed E-state index contributed by atoms with van der Waals surface area (Å²) in [5.74, 6) is 0.0907. The summed E-state index contributed by atoms with van der Waals surface area (Å²) in [5, 5.41) is 16.7. The van der Waals surface area contributed by atoms with Gasteiger partial charge < -0.3 is 9.15 Å². The molecule has 0 bridgehead atoms. The molecular formula is C26H23N3O6. The van der Waals surface area contributed by atoms with Gasteiger partial charge in [-0.1, -0.05) is 6.07 Å². The minimum absolute atomic E-state index is 0.0324. The summed E-state index contributed by atoms with van der Waals surface area (Å²) in [7, 11) is 0. The summed E-state index contributed by atoms with van der Waals surface area (Å²) in [4.78, 5) is 35.8. The number of benzene rings is 2. The lowest BCUT2D eigenvalue weighted by atomic mass is 10.1. The smallest absolute Gasteiger partial charge is 0.338 e. The van der Waals surface area contributed by atoms with E-state index in [9.17, 15) is 19.7 Å². The van der Waals surface area contributed by atoms with Gasteiger partial charge in [0.15, 0.2) is 0 Å². The van der Waals surface area contributed by atoms with Crippen molar-refractivity contribution in [3.63, 3.8) is 0 Å². The van der Waals surface area contributed by atoms with E-state index >= 15 is 0 Å². The molecule has 2 aromatic carbocycles. The van der Waals surface area contributed by atoms with Crippen LogP contribution in [0, 0.1) is 17.0 Å². The van der Waals surface area contributed by atoms with E-state index in [0.29, 0.717) is 39.6 Å². The van der Waals surface area contributed by atoms with E-state index in [2.05, 4.69) is 5.10 Å². The number of nitro groups is 1. The van der Waals surface area contributed by atoms with Crippen molar-refractivity contribution in [2.24, 2.45) is 5.10 Å².